The number of carboxylic acids is 1. The van der Waals surface area contributed by atoms with Gasteiger partial charge < -0.3 is 15.3 Å². The van der Waals surface area contributed by atoms with Gasteiger partial charge in [-0.3, -0.25) is 14.4 Å². The van der Waals surface area contributed by atoms with Gasteiger partial charge in [-0.1, -0.05) is 6.92 Å². The monoisotopic (exact) mass is 258 g/mol. The smallest absolute Gasteiger partial charge is 0.309 e. The van der Waals surface area contributed by atoms with Crippen LogP contribution in [0.4, 0.5) is 0 Å². The number of aliphatic carboxylic acids is 1. The molecule has 0 aromatic carbocycles. The molecule has 0 saturated heterocycles. The molecule has 2 N–H and O–H groups in total. The Bertz CT molecular complexity index is 326. The zero-order chi connectivity index (χ0) is 14.3. The largest absolute Gasteiger partial charge is 0.481 e. The van der Waals surface area contributed by atoms with E-state index in [4.69, 9.17) is 5.11 Å². The molecule has 0 aromatic heterocycles. The van der Waals surface area contributed by atoms with Gasteiger partial charge in [0.15, 0.2) is 0 Å². The van der Waals surface area contributed by atoms with Gasteiger partial charge in [0.1, 0.15) is 0 Å². The number of carboxylic acid groups (broad SMARTS) is 1. The topological polar surface area (TPSA) is 86.7 Å². The first-order chi connectivity index (χ1) is 8.20. The van der Waals surface area contributed by atoms with Crippen LogP contribution in [0, 0.1) is 5.41 Å². The van der Waals surface area contributed by atoms with Gasteiger partial charge in [0, 0.05) is 20.0 Å². The molecular weight excluding hydrogens is 236 g/mol. The van der Waals surface area contributed by atoms with Crippen LogP contribution in [0.5, 0.6) is 0 Å². The van der Waals surface area contributed by atoms with E-state index in [0.29, 0.717) is 6.54 Å². The van der Waals surface area contributed by atoms with Crippen molar-refractivity contribution in [1.29, 1.82) is 0 Å². The second kappa shape index (κ2) is 6.98. The molecule has 6 heteroatoms. The molecule has 0 spiro atoms. The molecule has 0 rings (SSSR count). The summed E-state index contributed by atoms with van der Waals surface area (Å²) in [6, 6.07) is 0. The molecule has 0 aromatic rings. The average Bonchev–Trinajstić information content (AvgIpc) is 2.25. The number of likely N-dealkylation sites (N-methyl/N-ethyl adjacent to an activating group) is 1. The van der Waals surface area contributed by atoms with Crippen LogP contribution < -0.4 is 5.32 Å². The molecule has 0 heterocycles. The number of carbonyl (C=O) groups excluding carboxylic acids is 2. The predicted molar refractivity (Wildman–Crippen MR) is 67.0 cm³/mol. The van der Waals surface area contributed by atoms with Crippen LogP contribution in [-0.4, -0.2) is 47.9 Å². The maximum atomic E-state index is 11.8. The van der Waals surface area contributed by atoms with Gasteiger partial charge in [-0.15, -0.1) is 0 Å². The van der Waals surface area contributed by atoms with Gasteiger partial charge in [-0.2, -0.15) is 0 Å². The molecule has 0 fully saturated rings. The van der Waals surface area contributed by atoms with Gasteiger partial charge in [0.05, 0.1) is 12.0 Å². The molecule has 18 heavy (non-hydrogen) atoms. The van der Waals surface area contributed by atoms with Crippen LogP contribution >= 0.6 is 0 Å². The first kappa shape index (κ1) is 16.4. The van der Waals surface area contributed by atoms with E-state index in [2.05, 4.69) is 5.32 Å². The Morgan fingerprint density at radius 1 is 1.28 bits per heavy atom. The third-order valence-electron chi connectivity index (χ3n) is 2.55. The summed E-state index contributed by atoms with van der Waals surface area (Å²) in [5, 5.41) is 11.6. The highest BCUT2D eigenvalue weighted by atomic mass is 16.4. The minimum atomic E-state index is -1.12. The zero-order valence-electron chi connectivity index (χ0n) is 11.4. The molecule has 0 radical (unpaired) electrons. The Hall–Kier alpha value is -1.59. The van der Waals surface area contributed by atoms with Crippen molar-refractivity contribution >= 4 is 17.8 Å². The Kier molecular flexibility index (Phi) is 6.36. The fourth-order valence-electron chi connectivity index (χ4n) is 1.21. The molecule has 0 unspecified atom stereocenters. The molecule has 0 atom stereocenters. The predicted octanol–water partition coefficient (Wildman–Crippen LogP) is 0.472. The van der Waals surface area contributed by atoms with E-state index < -0.39 is 11.4 Å². The van der Waals surface area contributed by atoms with E-state index in [9.17, 15) is 14.4 Å². The van der Waals surface area contributed by atoms with Crippen molar-refractivity contribution in [2.24, 2.45) is 5.41 Å². The summed E-state index contributed by atoms with van der Waals surface area (Å²) in [7, 11) is 1.49. The number of nitrogens with one attached hydrogen (secondary N) is 1. The van der Waals surface area contributed by atoms with Crippen molar-refractivity contribution in [3.8, 4) is 0 Å². The van der Waals surface area contributed by atoms with E-state index in [0.717, 1.165) is 6.42 Å². The van der Waals surface area contributed by atoms with Crippen LogP contribution in [0.2, 0.25) is 0 Å². The van der Waals surface area contributed by atoms with Crippen molar-refractivity contribution in [3.63, 3.8) is 0 Å². The second-order valence-corrected chi connectivity index (χ2v) is 4.97. The maximum absolute atomic E-state index is 11.8. The summed E-state index contributed by atoms with van der Waals surface area (Å²) in [6.07, 6.45) is 0.704. The van der Waals surface area contributed by atoms with Crippen LogP contribution in [0.15, 0.2) is 0 Å². The Labute approximate surface area is 107 Å². The summed E-state index contributed by atoms with van der Waals surface area (Å²) in [4.78, 5) is 35.3. The van der Waals surface area contributed by atoms with Crippen LogP contribution in [0.25, 0.3) is 0 Å². The minimum Gasteiger partial charge on any atom is -0.481 e. The first-order valence-electron chi connectivity index (χ1n) is 5.94. The number of hydrogen-bond acceptors (Lipinski definition) is 3. The van der Waals surface area contributed by atoms with E-state index in [-0.39, 0.29) is 24.8 Å². The molecule has 0 aliphatic carbocycles. The van der Waals surface area contributed by atoms with E-state index in [1.807, 2.05) is 6.92 Å². The summed E-state index contributed by atoms with van der Waals surface area (Å²) >= 11 is 0. The highest BCUT2D eigenvalue weighted by molar-refractivity contribution is 5.87. The first-order valence-corrected chi connectivity index (χ1v) is 5.94. The van der Waals surface area contributed by atoms with Gasteiger partial charge in [-0.25, -0.2) is 0 Å². The van der Waals surface area contributed by atoms with Crippen LogP contribution in [0.3, 0.4) is 0 Å². The van der Waals surface area contributed by atoms with Crippen molar-refractivity contribution in [2.75, 3.05) is 20.1 Å². The molecule has 2 amide bonds. The SMILES string of the molecule is CCCNC(=O)CN(C)C(=O)CC(C)(C)C(=O)O. The van der Waals surface area contributed by atoms with Crippen molar-refractivity contribution in [3.05, 3.63) is 0 Å². The average molecular weight is 258 g/mol. The van der Waals surface area contributed by atoms with Crippen molar-refractivity contribution in [2.45, 2.75) is 33.6 Å². The lowest BCUT2D eigenvalue weighted by atomic mass is 9.89. The number of amides is 2. The van der Waals surface area contributed by atoms with E-state index in [1.54, 1.807) is 0 Å². The Morgan fingerprint density at radius 3 is 2.28 bits per heavy atom. The van der Waals surface area contributed by atoms with E-state index >= 15 is 0 Å². The number of nitrogens with zero attached hydrogens (tertiary/aromatic N) is 1. The zero-order valence-corrected chi connectivity index (χ0v) is 11.4. The molecule has 0 saturated carbocycles. The molecule has 0 bridgehead atoms. The molecule has 0 aliphatic heterocycles. The highest BCUT2D eigenvalue weighted by Gasteiger charge is 2.31. The van der Waals surface area contributed by atoms with Crippen molar-refractivity contribution in [1.82, 2.24) is 10.2 Å². The quantitative estimate of drug-likeness (QED) is 0.695. The van der Waals surface area contributed by atoms with E-state index in [1.165, 1.54) is 25.8 Å². The van der Waals surface area contributed by atoms with Gasteiger partial charge in [0.25, 0.3) is 0 Å². The highest BCUT2D eigenvalue weighted by Crippen LogP contribution is 2.21. The lowest BCUT2D eigenvalue weighted by Gasteiger charge is -2.23. The van der Waals surface area contributed by atoms with Crippen molar-refractivity contribution < 1.29 is 19.5 Å². The van der Waals surface area contributed by atoms with Gasteiger partial charge in [0.2, 0.25) is 11.8 Å². The van der Waals surface area contributed by atoms with Gasteiger partial charge >= 0.3 is 5.97 Å². The Balaban J connectivity index is 4.27. The van der Waals surface area contributed by atoms with Crippen LogP contribution in [-0.2, 0) is 14.4 Å². The maximum Gasteiger partial charge on any atom is 0.309 e. The molecule has 0 aliphatic rings. The number of rotatable bonds is 7. The lowest BCUT2D eigenvalue weighted by Crippen LogP contribution is -2.41. The number of hydrogen-bond donors (Lipinski definition) is 2. The summed E-state index contributed by atoms with van der Waals surface area (Å²) in [5.41, 5.74) is -1.12. The summed E-state index contributed by atoms with van der Waals surface area (Å²) < 4.78 is 0. The fraction of sp³-hybridized carbons (Fsp3) is 0.750. The normalized spacial score (nSPS) is 10.9. The third kappa shape index (κ3) is 5.65. The molecule has 104 valence electrons. The standard InChI is InChI=1S/C12H22N2O4/c1-5-6-13-9(15)8-14(4)10(16)7-12(2,3)11(17)18/h5-8H2,1-4H3,(H,13,15)(H,17,18). The second-order valence-electron chi connectivity index (χ2n) is 4.97. The molecule has 6 nitrogen and oxygen atoms in total. The number of carbonyl (C=O) groups is 3. The summed E-state index contributed by atoms with van der Waals surface area (Å²) in [5.74, 6) is -1.62. The summed E-state index contributed by atoms with van der Waals surface area (Å²) in [6.45, 7) is 5.43. The lowest BCUT2D eigenvalue weighted by molar-refractivity contribution is -0.151. The van der Waals surface area contributed by atoms with Crippen LogP contribution in [0.1, 0.15) is 33.6 Å². The molecular formula is C12H22N2O4. The van der Waals surface area contributed by atoms with Gasteiger partial charge in [-0.05, 0) is 20.3 Å². The third-order valence-corrected chi connectivity index (χ3v) is 2.55. The Morgan fingerprint density at radius 2 is 1.83 bits per heavy atom. The minimum absolute atomic E-state index is 0.0471. The fourth-order valence-corrected chi connectivity index (χ4v) is 1.21.